The molecule has 0 saturated heterocycles. The van der Waals surface area contributed by atoms with E-state index in [9.17, 15) is 13.6 Å². The lowest BCUT2D eigenvalue weighted by Crippen LogP contribution is -2.07. The molecule has 0 bridgehead atoms. The lowest BCUT2D eigenvalue weighted by atomic mass is 10.0. The molecule has 0 fully saturated rings. The number of halogens is 2. The van der Waals surface area contributed by atoms with Gasteiger partial charge < -0.3 is 4.74 Å². The van der Waals surface area contributed by atoms with Crippen molar-refractivity contribution in [3.8, 4) is 5.75 Å². The van der Waals surface area contributed by atoms with Gasteiger partial charge in [-0.15, -0.1) is 0 Å². The van der Waals surface area contributed by atoms with Gasteiger partial charge in [-0.3, -0.25) is 4.79 Å². The minimum atomic E-state index is -0.882. The summed E-state index contributed by atoms with van der Waals surface area (Å²) in [6.45, 7) is 1.86. The molecule has 0 amide bonds. The van der Waals surface area contributed by atoms with Crippen LogP contribution in [0.25, 0.3) is 0 Å². The number of hydrogen-bond donors (Lipinski definition) is 0. The summed E-state index contributed by atoms with van der Waals surface area (Å²) in [6.07, 6.45) is 0. The zero-order valence-electron chi connectivity index (χ0n) is 10.5. The Morgan fingerprint density at radius 1 is 1.05 bits per heavy atom. The number of carbonyl (C=O) groups is 1. The van der Waals surface area contributed by atoms with E-state index in [2.05, 4.69) is 0 Å². The fourth-order valence-electron chi connectivity index (χ4n) is 1.80. The Morgan fingerprint density at radius 3 is 2.37 bits per heavy atom. The van der Waals surface area contributed by atoms with E-state index in [4.69, 9.17) is 4.74 Å². The van der Waals surface area contributed by atoms with Gasteiger partial charge in [-0.05, 0) is 36.8 Å². The highest BCUT2D eigenvalue weighted by molar-refractivity contribution is 6.10. The molecule has 0 heterocycles. The SMILES string of the molecule is COc1cc(C)ccc1C(=O)c1ccc(F)cc1F. The molecule has 2 aromatic carbocycles. The zero-order valence-corrected chi connectivity index (χ0v) is 10.5. The van der Waals surface area contributed by atoms with Gasteiger partial charge in [-0.1, -0.05) is 6.07 Å². The standard InChI is InChI=1S/C15H12F2O2/c1-9-3-5-12(14(7-9)19-2)15(18)11-6-4-10(16)8-13(11)17/h3-8H,1-2H3. The van der Waals surface area contributed by atoms with Crippen LogP contribution in [0.15, 0.2) is 36.4 Å². The first-order valence-corrected chi connectivity index (χ1v) is 5.67. The zero-order chi connectivity index (χ0) is 14.0. The molecule has 0 N–H and O–H groups in total. The lowest BCUT2D eigenvalue weighted by Gasteiger charge is -2.09. The number of ether oxygens (including phenoxy) is 1. The second-order valence-corrected chi connectivity index (χ2v) is 4.16. The van der Waals surface area contributed by atoms with Crippen LogP contribution in [0.2, 0.25) is 0 Å². The molecule has 0 aromatic heterocycles. The van der Waals surface area contributed by atoms with E-state index in [1.807, 2.05) is 6.92 Å². The molecule has 0 aliphatic carbocycles. The quantitative estimate of drug-likeness (QED) is 0.791. The second-order valence-electron chi connectivity index (χ2n) is 4.16. The van der Waals surface area contributed by atoms with Gasteiger partial charge in [0.2, 0.25) is 0 Å². The van der Waals surface area contributed by atoms with Crippen LogP contribution in [0.3, 0.4) is 0 Å². The van der Waals surface area contributed by atoms with Gasteiger partial charge in [0, 0.05) is 6.07 Å². The molecule has 0 atom stereocenters. The summed E-state index contributed by atoms with van der Waals surface area (Å²) in [6, 6.07) is 7.86. The maximum Gasteiger partial charge on any atom is 0.199 e. The Hall–Kier alpha value is -2.23. The molecule has 2 rings (SSSR count). The number of rotatable bonds is 3. The summed E-state index contributed by atoms with van der Waals surface area (Å²) in [4.78, 5) is 12.2. The predicted octanol–water partition coefficient (Wildman–Crippen LogP) is 3.51. The molecular formula is C15H12F2O2. The maximum absolute atomic E-state index is 13.6. The molecule has 0 radical (unpaired) electrons. The molecule has 0 spiro atoms. The normalized spacial score (nSPS) is 10.3. The summed E-state index contributed by atoms with van der Waals surface area (Å²) in [7, 11) is 1.44. The molecule has 2 aromatic rings. The molecule has 19 heavy (non-hydrogen) atoms. The van der Waals surface area contributed by atoms with Gasteiger partial charge in [-0.25, -0.2) is 8.78 Å². The molecular weight excluding hydrogens is 250 g/mol. The van der Waals surface area contributed by atoms with Gasteiger partial charge in [-0.2, -0.15) is 0 Å². The molecule has 0 unspecified atom stereocenters. The van der Waals surface area contributed by atoms with E-state index in [0.29, 0.717) is 11.8 Å². The van der Waals surface area contributed by atoms with Crippen molar-refractivity contribution in [3.05, 3.63) is 64.7 Å². The minimum Gasteiger partial charge on any atom is -0.496 e. The van der Waals surface area contributed by atoms with Crippen LogP contribution in [0.1, 0.15) is 21.5 Å². The highest BCUT2D eigenvalue weighted by Crippen LogP contribution is 2.24. The van der Waals surface area contributed by atoms with Crippen LogP contribution in [0.5, 0.6) is 5.75 Å². The van der Waals surface area contributed by atoms with Crippen molar-refractivity contribution in [1.82, 2.24) is 0 Å². The third kappa shape index (κ3) is 2.62. The van der Waals surface area contributed by atoms with Gasteiger partial charge >= 0.3 is 0 Å². The Bertz CT molecular complexity index is 636. The van der Waals surface area contributed by atoms with Crippen molar-refractivity contribution < 1.29 is 18.3 Å². The average molecular weight is 262 g/mol. The number of methoxy groups -OCH3 is 1. The molecule has 0 aliphatic rings. The minimum absolute atomic E-state index is 0.177. The number of ketones is 1. The van der Waals surface area contributed by atoms with Crippen LogP contribution < -0.4 is 4.74 Å². The summed E-state index contributed by atoms with van der Waals surface area (Å²) in [5.74, 6) is -1.76. The Kier molecular flexibility index (Phi) is 3.60. The van der Waals surface area contributed by atoms with Crippen LogP contribution >= 0.6 is 0 Å². The monoisotopic (exact) mass is 262 g/mol. The van der Waals surface area contributed by atoms with Gasteiger partial charge in [0.05, 0.1) is 18.2 Å². The van der Waals surface area contributed by atoms with Gasteiger partial charge in [0.15, 0.2) is 5.78 Å². The van der Waals surface area contributed by atoms with Crippen LogP contribution in [0.4, 0.5) is 8.78 Å². The average Bonchev–Trinajstić information content (AvgIpc) is 2.37. The fourth-order valence-corrected chi connectivity index (χ4v) is 1.80. The highest BCUT2D eigenvalue weighted by atomic mass is 19.1. The van der Waals surface area contributed by atoms with Crippen molar-refractivity contribution in [2.45, 2.75) is 6.92 Å². The van der Waals surface area contributed by atoms with Crippen LogP contribution in [0, 0.1) is 18.6 Å². The summed E-state index contributed by atoms with van der Waals surface area (Å²) < 4.78 is 31.6. The Morgan fingerprint density at radius 2 is 1.74 bits per heavy atom. The number of aryl methyl sites for hydroxylation is 1. The van der Waals surface area contributed by atoms with E-state index < -0.39 is 17.4 Å². The molecule has 98 valence electrons. The molecule has 0 saturated carbocycles. The Labute approximate surface area is 109 Å². The van der Waals surface area contributed by atoms with Gasteiger partial charge in [0.25, 0.3) is 0 Å². The molecule has 4 heteroatoms. The number of hydrogen-bond acceptors (Lipinski definition) is 2. The van der Waals surface area contributed by atoms with Crippen molar-refractivity contribution in [3.63, 3.8) is 0 Å². The van der Waals surface area contributed by atoms with Crippen molar-refractivity contribution in [2.24, 2.45) is 0 Å². The van der Waals surface area contributed by atoms with E-state index in [1.54, 1.807) is 18.2 Å². The van der Waals surface area contributed by atoms with Crippen molar-refractivity contribution >= 4 is 5.78 Å². The van der Waals surface area contributed by atoms with Crippen molar-refractivity contribution in [2.75, 3.05) is 7.11 Å². The van der Waals surface area contributed by atoms with E-state index in [0.717, 1.165) is 17.7 Å². The third-order valence-corrected chi connectivity index (χ3v) is 2.78. The molecule has 0 aliphatic heterocycles. The molecule has 2 nitrogen and oxygen atoms in total. The summed E-state index contributed by atoms with van der Waals surface area (Å²) >= 11 is 0. The smallest absolute Gasteiger partial charge is 0.199 e. The fraction of sp³-hybridized carbons (Fsp3) is 0.133. The third-order valence-electron chi connectivity index (χ3n) is 2.78. The topological polar surface area (TPSA) is 26.3 Å². The Balaban J connectivity index is 2.50. The number of carbonyl (C=O) groups excluding carboxylic acids is 1. The number of benzene rings is 2. The summed E-state index contributed by atoms with van der Waals surface area (Å²) in [5.41, 5.74) is 0.995. The predicted molar refractivity (Wildman–Crippen MR) is 67.5 cm³/mol. The van der Waals surface area contributed by atoms with E-state index >= 15 is 0 Å². The first-order valence-electron chi connectivity index (χ1n) is 5.67. The highest BCUT2D eigenvalue weighted by Gasteiger charge is 2.18. The van der Waals surface area contributed by atoms with Gasteiger partial charge in [0.1, 0.15) is 17.4 Å². The largest absolute Gasteiger partial charge is 0.496 e. The lowest BCUT2D eigenvalue weighted by molar-refractivity contribution is 0.103. The van der Waals surface area contributed by atoms with Crippen LogP contribution in [-0.4, -0.2) is 12.9 Å². The first kappa shape index (κ1) is 13.2. The van der Waals surface area contributed by atoms with E-state index in [1.165, 1.54) is 7.11 Å². The van der Waals surface area contributed by atoms with Crippen molar-refractivity contribution in [1.29, 1.82) is 0 Å². The van der Waals surface area contributed by atoms with E-state index in [-0.39, 0.29) is 11.1 Å². The second kappa shape index (κ2) is 5.18. The van der Waals surface area contributed by atoms with Crippen LogP contribution in [-0.2, 0) is 0 Å². The maximum atomic E-state index is 13.6. The first-order chi connectivity index (χ1) is 9.02. The summed E-state index contributed by atoms with van der Waals surface area (Å²) in [5, 5.41) is 0.